The van der Waals surface area contributed by atoms with Gasteiger partial charge in [-0.25, -0.2) is 0 Å². The van der Waals surface area contributed by atoms with Crippen molar-refractivity contribution in [1.29, 1.82) is 0 Å². The van der Waals surface area contributed by atoms with Gasteiger partial charge in [0.05, 0.1) is 11.1 Å². The molecule has 3 aliphatic rings. The molecule has 0 heterocycles. The minimum Gasteiger partial charge on any atom is -0.507 e. The Bertz CT molecular complexity index is 1040. The fourth-order valence-electron chi connectivity index (χ4n) is 5.42. The summed E-state index contributed by atoms with van der Waals surface area (Å²) in [6.07, 6.45) is 1.78. The number of aromatic hydroxyl groups is 1. The normalized spacial score (nSPS) is 28.8. The van der Waals surface area contributed by atoms with Crippen LogP contribution >= 0.6 is 0 Å². The van der Waals surface area contributed by atoms with Crippen LogP contribution in [0, 0.1) is 11.8 Å². The topological polar surface area (TPSA) is 112 Å². The third-order valence-electron chi connectivity index (χ3n) is 6.77. The lowest BCUT2D eigenvalue weighted by atomic mass is 9.57. The van der Waals surface area contributed by atoms with E-state index in [0.29, 0.717) is 24.8 Å². The molecule has 0 amide bonds. The molecule has 6 nitrogen and oxygen atoms in total. The summed E-state index contributed by atoms with van der Waals surface area (Å²) in [6, 6.07) is 3.29. The van der Waals surface area contributed by atoms with E-state index in [2.05, 4.69) is 0 Å². The Morgan fingerprint density at radius 3 is 2.48 bits per heavy atom. The first-order chi connectivity index (χ1) is 13.6. The van der Waals surface area contributed by atoms with Crippen LogP contribution in [0.15, 0.2) is 28.9 Å². The summed E-state index contributed by atoms with van der Waals surface area (Å²) in [6.45, 7) is 4.91. The Morgan fingerprint density at radius 1 is 1.17 bits per heavy atom. The van der Waals surface area contributed by atoms with E-state index in [4.69, 9.17) is 0 Å². The number of phenolic OH excluding ortho intramolecular Hbond substituents is 1. The average molecular weight is 396 g/mol. The number of aliphatic hydroxyl groups excluding tert-OH is 1. The molecule has 3 N–H and O–H groups in total. The van der Waals surface area contributed by atoms with Gasteiger partial charge >= 0.3 is 0 Å². The number of allylic oxidation sites excluding steroid dienone is 1. The first kappa shape index (κ1) is 19.6. The highest BCUT2D eigenvalue weighted by molar-refractivity contribution is 6.33. The van der Waals surface area contributed by atoms with E-state index < -0.39 is 28.9 Å². The van der Waals surface area contributed by atoms with Gasteiger partial charge in [0.15, 0.2) is 11.4 Å². The Kier molecular flexibility index (Phi) is 4.31. The molecule has 1 saturated carbocycles. The molecule has 1 aromatic carbocycles. The number of aryl methyl sites for hydroxylation is 1. The van der Waals surface area contributed by atoms with Crippen LogP contribution in [0.3, 0.4) is 0 Å². The smallest absolute Gasteiger partial charge is 0.206 e. The van der Waals surface area contributed by atoms with Crippen molar-refractivity contribution >= 4 is 23.1 Å². The monoisotopic (exact) mass is 396 g/mol. The van der Waals surface area contributed by atoms with E-state index in [-0.39, 0.29) is 40.6 Å². The van der Waals surface area contributed by atoms with E-state index >= 15 is 0 Å². The van der Waals surface area contributed by atoms with Crippen molar-refractivity contribution in [2.45, 2.75) is 52.1 Å². The second-order valence-corrected chi connectivity index (χ2v) is 8.39. The number of phenols is 1. The van der Waals surface area contributed by atoms with Crippen molar-refractivity contribution in [3.8, 4) is 5.75 Å². The van der Waals surface area contributed by atoms with Crippen LogP contribution in [0.4, 0.5) is 0 Å². The van der Waals surface area contributed by atoms with Gasteiger partial charge in [-0.2, -0.15) is 0 Å². The summed E-state index contributed by atoms with van der Waals surface area (Å²) in [5, 5.41) is 32.5. The third-order valence-corrected chi connectivity index (χ3v) is 6.77. The maximum absolute atomic E-state index is 13.4. The minimum atomic E-state index is -2.35. The van der Waals surface area contributed by atoms with E-state index in [1.807, 2.05) is 13.0 Å². The zero-order valence-electron chi connectivity index (χ0n) is 16.7. The molecule has 3 aliphatic carbocycles. The largest absolute Gasteiger partial charge is 0.507 e. The van der Waals surface area contributed by atoms with Crippen LogP contribution < -0.4 is 0 Å². The van der Waals surface area contributed by atoms with E-state index in [9.17, 15) is 29.7 Å². The van der Waals surface area contributed by atoms with Gasteiger partial charge in [0.25, 0.3) is 0 Å². The molecule has 3 unspecified atom stereocenters. The molecule has 1 aromatic rings. The minimum absolute atomic E-state index is 0.0180. The number of hydrogen-bond acceptors (Lipinski definition) is 6. The zero-order chi connectivity index (χ0) is 21.2. The van der Waals surface area contributed by atoms with Crippen molar-refractivity contribution in [2.24, 2.45) is 11.8 Å². The number of fused-ring (bicyclic) bond motifs is 3. The van der Waals surface area contributed by atoms with Crippen molar-refractivity contribution in [2.75, 3.05) is 0 Å². The first-order valence-electron chi connectivity index (χ1n) is 9.92. The number of carbonyl (C=O) groups is 3. The fourth-order valence-corrected chi connectivity index (χ4v) is 5.42. The average Bonchev–Trinajstić information content (AvgIpc) is 2.64. The molecule has 0 bridgehead atoms. The Hall–Kier alpha value is -2.73. The van der Waals surface area contributed by atoms with Gasteiger partial charge in [0.1, 0.15) is 11.5 Å². The number of rotatable bonds is 2. The van der Waals surface area contributed by atoms with Gasteiger partial charge in [-0.3, -0.25) is 14.4 Å². The van der Waals surface area contributed by atoms with Crippen LogP contribution in [-0.2, 0) is 27.2 Å². The Balaban J connectivity index is 1.91. The summed E-state index contributed by atoms with van der Waals surface area (Å²) in [5.74, 6) is -3.71. The molecule has 0 aromatic heterocycles. The predicted octanol–water partition coefficient (Wildman–Crippen LogP) is 2.59. The predicted molar refractivity (Wildman–Crippen MR) is 105 cm³/mol. The van der Waals surface area contributed by atoms with Crippen LogP contribution in [-0.4, -0.2) is 38.3 Å². The lowest BCUT2D eigenvalue weighted by Gasteiger charge is -2.46. The van der Waals surface area contributed by atoms with Crippen molar-refractivity contribution in [3.05, 3.63) is 45.5 Å². The molecule has 1 fully saturated rings. The number of Topliss-reactive ketones (excluding diaryl/α,β-unsaturated/α-hetero) is 3. The highest BCUT2D eigenvalue weighted by atomic mass is 16.3. The van der Waals surface area contributed by atoms with Crippen LogP contribution in [0.2, 0.25) is 0 Å². The van der Waals surface area contributed by atoms with Crippen molar-refractivity contribution in [1.82, 2.24) is 0 Å². The van der Waals surface area contributed by atoms with Gasteiger partial charge in [0.2, 0.25) is 11.6 Å². The molecule has 152 valence electrons. The summed E-state index contributed by atoms with van der Waals surface area (Å²) >= 11 is 0. The standard InChI is InChI=1S/C23H24O6/c1-4-12-5-6-16(25)19-15(12)9-13-8-14-7-10(2)17(11(3)24)21(27)23(14,29)22(28)18(13)20(19)26/h5-6,13-14,25-26,29H,4,7-9H2,1-3H3. The Morgan fingerprint density at radius 2 is 1.86 bits per heavy atom. The van der Waals surface area contributed by atoms with E-state index in [1.54, 1.807) is 6.92 Å². The second kappa shape index (κ2) is 6.39. The number of ketones is 3. The summed E-state index contributed by atoms with van der Waals surface area (Å²) in [5.41, 5.74) is 0.0775. The maximum atomic E-state index is 13.4. The molecule has 0 aliphatic heterocycles. The molecule has 3 atom stereocenters. The maximum Gasteiger partial charge on any atom is 0.206 e. The van der Waals surface area contributed by atoms with E-state index in [0.717, 1.165) is 11.1 Å². The lowest BCUT2D eigenvalue weighted by molar-refractivity contribution is -0.157. The summed E-state index contributed by atoms with van der Waals surface area (Å²) in [7, 11) is 0. The summed E-state index contributed by atoms with van der Waals surface area (Å²) < 4.78 is 0. The molecule has 4 rings (SSSR count). The molecule has 0 radical (unpaired) electrons. The molecular weight excluding hydrogens is 372 g/mol. The number of carbonyl (C=O) groups excluding carboxylic acids is 3. The number of hydrogen-bond donors (Lipinski definition) is 3. The van der Waals surface area contributed by atoms with E-state index in [1.165, 1.54) is 13.0 Å². The SMILES string of the molecule is CCc1ccc(O)c2c1CC1CC3CC(C)=C(C(C)=O)C(=O)C3(O)C(=O)C1=C2O. The zero-order valence-corrected chi connectivity index (χ0v) is 16.7. The lowest BCUT2D eigenvalue weighted by Crippen LogP contribution is -2.61. The molecule has 0 spiro atoms. The highest BCUT2D eigenvalue weighted by Crippen LogP contribution is 2.51. The van der Waals surface area contributed by atoms with Crippen molar-refractivity contribution < 1.29 is 29.7 Å². The van der Waals surface area contributed by atoms with Gasteiger partial charge in [-0.15, -0.1) is 0 Å². The molecular formula is C23H24O6. The van der Waals surface area contributed by atoms with Crippen molar-refractivity contribution in [3.63, 3.8) is 0 Å². The van der Waals surface area contributed by atoms with Gasteiger partial charge < -0.3 is 15.3 Å². The van der Waals surface area contributed by atoms with Crippen LogP contribution in [0.1, 0.15) is 50.3 Å². The summed E-state index contributed by atoms with van der Waals surface area (Å²) in [4.78, 5) is 38.4. The second-order valence-electron chi connectivity index (χ2n) is 8.39. The van der Waals surface area contributed by atoms with Gasteiger partial charge in [-0.1, -0.05) is 18.6 Å². The van der Waals surface area contributed by atoms with Crippen LogP contribution in [0.5, 0.6) is 5.75 Å². The van der Waals surface area contributed by atoms with Gasteiger partial charge in [0, 0.05) is 11.5 Å². The fraction of sp³-hybridized carbons (Fsp3) is 0.435. The van der Waals surface area contributed by atoms with Gasteiger partial charge in [-0.05, 0) is 62.6 Å². The quantitative estimate of drug-likeness (QED) is 0.523. The highest BCUT2D eigenvalue weighted by Gasteiger charge is 2.60. The van der Waals surface area contributed by atoms with Crippen LogP contribution in [0.25, 0.3) is 5.76 Å². The Labute approximate surface area is 168 Å². The first-order valence-corrected chi connectivity index (χ1v) is 9.92. The number of benzene rings is 1. The number of aliphatic hydroxyl groups is 2. The molecule has 29 heavy (non-hydrogen) atoms. The molecule has 0 saturated heterocycles. The third kappa shape index (κ3) is 2.48. The molecule has 6 heteroatoms.